The van der Waals surface area contributed by atoms with Gasteiger partial charge in [0.15, 0.2) is 0 Å². The van der Waals surface area contributed by atoms with Crippen molar-refractivity contribution in [2.75, 3.05) is 0 Å². The van der Waals surface area contributed by atoms with Gasteiger partial charge in [-0.25, -0.2) is 0 Å². The Morgan fingerprint density at radius 2 is 1.38 bits per heavy atom. The molecular formula is C21H38O2Sn. The fourth-order valence-electron chi connectivity index (χ4n) is 3.28. The summed E-state index contributed by atoms with van der Waals surface area (Å²) in [6, 6.07) is 0. The molecular weight excluding hydrogens is 403 g/mol. The fourth-order valence-corrected chi connectivity index (χ4v) is 18.9. The molecule has 1 N–H and O–H groups in total. The summed E-state index contributed by atoms with van der Waals surface area (Å²) in [5, 5.41) is 8.80. The molecule has 0 amide bonds. The first kappa shape index (κ1) is 23.5. The number of rotatable bonds is 13. The molecule has 0 rings (SSSR count). The number of carbonyl (C=O) groups is 1. The Bertz CT molecular complexity index is 425. The van der Waals surface area contributed by atoms with E-state index in [1.807, 2.05) is 13.0 Å². The van der Waals surface area contributed by atoms with Gasteiger partial charge in [0.05, 0.1) is 0 Å². The molecule has 0 saturated heterocycles. The first-order valence-corrected chi connectivity index (χ1v) is 17.2. The monoisotopic (exact) mass is 442 g/mol. The number of carboxylic acids is 1. The molecule has 0 aliphatic rings. The van der Waals surface area contributed by atoms with Crippen LogP contribution < -0.4 is 0 Å². The van der Waals surface area contributed by atoms with Gasteiger partial charge in [-0.3, -0.25) is 0 Å². The normalized spacial score (nSPS) is 13.7. The Morgan fingerprint density at radius 1 is 0.917 bits per heavy atom. The average molecular weight is 441 g/mol. The number of hydrogen-bond acceptors (Lipinski definition) is 1. The summed E-state index contributed by atoms with van der Waals surface area (Å²) in [5.74, 6) is -0.875. The van der Waals surface area contributed by atoms with Crippen LogP contribution in [0.25, 0.3) is 0 Å². The maximum absolute atomic E-state index is 10.7. The molecule has 0 atom stereocenters. The van der Waals surface area contributed by atoms with Crippen LogP contribution in [0.1, 0.15) is 73.1 Å². The summed E-state index contributed by atoms with van der Waals surface area (Å²) < 4.78 is 6.10. The van der Waals surface area contributed by atoms with Crippen LogP contribution in [0.5, 0.6) is 0 Å². The Hall–Kier alpha value is -0.511. The molecule has 0 saturated carbocycles. The molecule has 0 aromatic heterocycles. The molecule has 0 aliphatic carbocycles. The van der Waals surface area contributed by atoms with E-state index in [1.54, 1.807) is 3.59 Å². The Labute approximate surface area is 154 Å². The van der Waals surface area contributed by atoms with Crippen LogP contribution >= 0.6 is 0 Å². The van der Waals surface area contributed by atoms with E-state index in [1.165, 1.54) is 57.9 Å². The van der Waals surface area contributed by atoms with Crippen molar-refractivity contribution in [1.82, 2.24) is 0 Å². The van der Waals surface area contributed by atoms with Crippen molar-refractivity contribution >= 4 is 24.3 Å². The van der Waals surface area contributed by atoms with Crippen molar-refractivity contribution in [1.29, 1.82) is 0 Å². The van der Waals surface area contributed by atoms with Gasteiger partial charge < -0.3 is 0 Å². The van der Waals surface area contributed by atoms with Crippen LogP contribution in [0, 0.1) is 0 Å². The number of aliphatic carboxylic acids is 1. The third-order valence-corrected chi connectivity index (χ3v) is 21.4. The molecule has 0 radical (unpaired) electrons. The van der Waals surface area contributed by atoms with Crippen LogP contribution in [0.4, 0.5) is 0 Å². The van der Waals surface area contributed by atoms with E-state index < -0.39 is 24.3 Å². The van der Waals surface area contributed by atoms with Crippen LogP contribution in [-0.2, 0) is 4.79 Å². The first-order chi connectivity index (χ1) is 11.4. The fraction of sp³-hybridized carbons (Fsp3) is 0.667. The molecule has 0 heterocycles. The van der Waals surface area contributed by atoms with Gasteiger partial charge in [-0.2, -0.15) is 0 Å². The van der Waals surface area contributed by atoms with Crippen molar-refractivity contribution in [3.8, 4) is 0 Å². The summed E-state index contributed by atoms with van der Waals surface area (Å²) in [5.41, 5.74) is 0.794. The summed E-state index contributed by atoms with van der Waals surface area (Å²) in [6.45, 7) is 11.1. The zero-order valence-electron chi connectivity index (χ0n) is 16.5. The Kier molecular flexibility index (Phi) is 13.5. The summed E-state index contributed by atoms with van der Waals surface area (Å²) in [6.07, 6.45) is 15.6. The maximum atomic E-state index is 10.7. The number of unbranched alkanes of at least 4 members (excludes halogenated alkanes) is 3. The first-order valence-electron chi connectivity index (χ1n) is 9.68. The molecule has 0 spiro atoms. The van der Waals surface area contributed by atoms with E-state index in [0.717, 1.165) is 5.57 Å². The molecule has 0 fully saturated rings. The molecule has 138 valence electrons. The van der Waals surface area contributed by atoms with Crippen LogP contribution in [0.15, 0.2) is 33.5 Å². The summed E-state index contributed by atoms with van der Waals surface area (Å²) in [4.78, 5) is 10.7. The van der Waals surface area contributed by atoms with Gasteiger partial charge >= 0.3 is 154 Å². The van der Waals surface area contributed by atoms with Crippen LogP contribution in [0.3, 0.4) is 0 Å². The van der Waals surface area contributed by atoms with Gasteiger partial charge in [0.1, 0.15) is 0 Å². The minimum atomic E-state index is -2.27. The zero-order chi connectivity index (χ0) is 18.4. The van der Waals surface area contributed by atoms with Crippen LogP contribution in [0.2, 0.25) is 13.3 Å². The van der Waals surface area contributed by atoms with Crippen molar-refractivity contribution in [3.63, 3.8) is 0 Å². The molecule has 0 aromatic carbocycles. The minimum absolute atomic E-state index is 0.794. The Morgan fingerprint density at radius 3 is 1.75 bits per heavy atom. The summed E-state index contributed by atoms with van der Waals surface area (Å²) in [7, 11) is 0. The zero-order valence-corrected chi connectivity index (χ0v) is 19.4. The van der Waals surface area contributed by atoms with E-state index in [4.69, 9.17) is 5.11 Å². The molecule has 0 bridgehead atoms. The SMILES string of the molecule is CCC[CH2][Sn]([CH2]CCC)([CH2]CCC)\[C](C)=C/C=C/C(C)=C/C(=O)O. The van der Waals surface area contributed by atoms with Crippen molar-refractivity contribution < 1.29 is 9.90 Å². The van der Waals surface area contributed by atoms with E-state index >= 15 is 0 Å². The molecule has 3 heteroatoms. The molecule has 0 aliphatic heterocycles. The number of hydrogen-bond donors (Lipinski definition) is 1. The second-order valence-corrected chi connectivity index (χ2v) is 20.9. The number of allylic oxidation sites excluding steroid dienone is 5. The van der Waals surface area contributed by atoms with Crippen molar-refractivity contribution in [2.24, 2.45) is 0 Å². The third kappa shape index (κ3) is 9.70. The number of carboxylic acid groups (broad SMARTS) is 1. The quantitative estimate of drug-likeness (QED) is 0.192. The molecule has 2 nitrogen and oxygen atoms in total. The van der Waals surface area contributed by atoms with Crippen molar-refractivity contribution in [3.05, 3.63) is 33.5 Å². The van der Waals surface area contributed by atoms with Gasteiger partial charge in [0.2, 0.25) is 0 Å². The van der Waals surface area contributed by atoms with E-state index in [2.05, 4.69) is 39.8 Å². The van der Waals surface area contributed by atoms with Crippen LogP contribution in [-0.4, -0.2) is 29.5 Å². The third-order valence-electron chi connectivity index (χ3n) is 4.92. The van der Waals surface area contributed by atoms with Gasteiger partial charge in [-0.15, -0.1) is 0 Å². The molecule has 0 unspecified atom stereocenters. The van der Waals surface area contributed by atoms with Gasteiger partial charge in [0.25, 0.3) is 0 Å². The van der Waals surface area contributed by atoms with Gasteiger partial charge in [-0.05, 0) is 0 Å². The topological polar surface area (TPSA) is 37.3 Å². The van der Waals surface area contributed by atoms with Gasteiger partial charge in [-0.1, -0.05) is 0 Å². The van der Waals surface area contributed by atoms with Crippen molar-refractivity contribution in [2.45, 2.75) is 86.5 Å². The average Bonchev–Trinajstić information content (AvgIpc) is 2.53. The predicted octanol–water partition coefficient (Wildman–Crippen LogP) is 6.91. The second kappa shape index (κ2) is 13.7. The predicted molar refractivity (Wildman–Crippen MR) is 109 cm³/mol. The molecule has 24 heavy (non-hydrogen) atoms. The van der Waals surface area contributed by atoms with E-state index in [9.17, 15) is 4.79 Å². The standard InChI is InChI=1S/C9H11O2.3C4H9.Sn/c1-3-4-5-6-8(2)7-9(10)11;3*1-3-4-2;/h4-7H,1-2H3,(H,10,11);3*1,3-4H2,2H3;/b4-3?,6-5+,8-7+;;;;. The Balaban J connectivity index is 5.35. The summed E-state index contributed by atoms with van der Waals surface area (Å²) >= 11 is -2.27. The molecule has 0 aromatic rings. The van der Waals surface area contributed by atoms with Gasteiger partial charge in [0, 0.05) is 0 Å². The van der Waals surface area contributed by atoms with E-state index in [-0.39, 0.29) is 0 Å². The second-order valence-electron chi connectivity index (χ2n) is 7.03. The van der Waals surface area contributed by atoms with E-state index in [0.29, 0.717) is 0 Å².